The second-order valence-corrected chi connectivity index (χ2v) is 4.15. The van der Waals surface area contributed by atoms with E-state index in [1.54, 1.807) is 0 Å². The minimum absolute atomic E-state index is 0.491. The number of halogens is 1. The first-order valence-corrected chi connectivity index (χ1v) is 4.91. The Morgan fingerprint density at radius 2 is 2.33 bits per heavy atom. The number of hydrogen-bond donors (Lipinski definition) is 0. The third-order valence-corrected chi connectivity index (χ3v) is 2.65. The highest BCUT2D eigenvalue weighted by Gasteiger charge is 2.22. The molecule has 0 amide bonds. The highest BCUT2D eigenvalue weighted by Crippen LogP contribution is 2.21. The molecule has 2 heteroatoms. The van der Waals surface area contributed by atoms with Gasteiger partial charge >= 0.3 is 0 Å². The van der Waals surface area contributed by atoms with Crippen LogP contribution in [0.15, 0.2) is 22.7 Å². The summed E-state index contributed by atoms with van der Waals surface area (Å²) in [7, 11) is 0. The molecule has 1 aromatic carbocycles. The molecule has 1 unspecified atom stereocenters. The number of ether oxygens (including phenoxy) is 1. The first-order valence-electron chi connectivity index (χ1n) is 4.12. The minimum Gasteiger partial charge on any atom is -0.373 e. The largest absolute Gasteiger partial charge is 0.373 e. The Kier molecular flexibility index (Phi) is 2.20. The summed E-state index contributed by atoms with van der Waals surface area (Å²) in [4.78, 5) is 0. The lowest BCUT2D eigenvalue weighted by Crippen LogP contribution is -1.95. The van der Waals surface area contributed by atoms with Gasteiger partial charge in [-0.15, -0.1) is 0 Å². The molecule has 12 heavy (non-hydrogen) atoms. The average Bonchev–Trinajstić information content (AvgIpc) is 2.79. The van der Waals surface area contributed by atoms with E-state index in [0.717, 1.165) is 17.5 Å². The van der Waals surface area contributed by atoms with Gasteiger partial charge < -0.3 is 4.74 Å². The lowest BCUT2D eigenvalue weighted by Gasteiger charge is -2.03. The highest BCUT2D eigenvalue weighted by atomic mass is 79.9. The highest BCUT2D eigenvalue weighted by molar-refractivity contribution is 9.10. The van der Waals surface area contributed by atoms with Crippen LogP contribution >= 0.6 is 15.9 Å². The smallest absolute Gasteiger partial charge is 0.0850 e. The topological polar surface area (TPSA) is 12.5 Å². The number of aryl methyl sites for hydroxylation is 1. The van der Waals surface area contributed by atoms with Gasteiger partial charge in [0.1, 0.15) is 0 Å². The fourth-order valence-corrected chi connectivity index (χ4v) is 1.80. The third kappa shape index (κ3) is 1.87. The van der Waals surface area contributed by atoms with E-state index in [1.807, 2.05) is 0 Å². The van der Waals surface area contributed by atoms with Gasteiger partial charge in [0.25, 0.3) is 0 Å². The second-order valence-electron chi connectivity index (χ2n) is 3.23. The molecule has 0 bridgehead atoms. The minimum atomic E-state index is 0.491. The van der Waals surface area contributed by atoms with Crippen molar-refractivity contribution >= 4 is 15.9 Å². The second kappa shape index (κ2) is 3.19. The van der Waals surface area contributed by atoms with Crippen molar-refractivity contribution in [1.29, 1.82) is 0 Å². The predicted octanol–water partition coefficient (Wildman–Crippen LogP) is 2.70. The molecule has 0 radical (unpaired) electrons. The molecule has 1 fully saturated rings. The van der Waals surface area contributed by atoms with Gasteiger partial charge in [0.15, 0.2) is 0 Å². The van der Waals surface area contributed by atoms with Crippen LogP contribution < -0.4 is 0 Å². The zero-order valence-corrected chi connectivity index (χ0v) is 8.60. The molecule has 1 aliphatic rings. The Morgan fingerprint density at radius 1 is 1.58 bits per heavy atom. The van der Waals surface area contributed by atoms with Crippen LogP contribution in [0.3, 0.4) is 0 Å². The van der Waals surface area contributed by atoms with E-state index < -0.39 is 0 Å². The quantitative estimate of drug-likeness (QED) is 0.707. The molecule has 0 aliphatic carbocycles. The van der Waals surface area contributed by atoms with E-state index in [-0.39, 0.29) is 0 Å². The predicted molar refractivity (Wildman–Crippen MR) is 52.3 cm³/mol. The lowest BCUT2D eigenvalue weighted by atomic mass is 10.0. The summed E-state index contributed by atoms with van der Waals surface area (Å²) in [6, 6.07) is 6.41. The Hall–Kier alpha value is -0.340. The maximum atomic E-state index is 5.19. The molecule has 0 aromatic heterocycles. The van der Waals surface area contributed by atoms with Gasteiger partial charge in [0.05, 0.1) is 12.7 Å². The molecular weight excluding hydrogens is 216 g/mol. The normalized spacial score (nSPS) is 21.0. The molecular formula is C10H11BrO. The summed E-state index contributed by atoms with van der Waals surface area (Å²) < 4.78 is 6.34. The van der Waals surface area contributed by atoms with Crippen LogP contribution in [0.25, 0.3) is 0 Å². The van der Waals surface area contributed by atoms with Crippen LogP contribution in [-0.4, -0.2) is 12.7 Å². The molecule has 2 rings (SSSR count). The SMILES string of the molecule is Cc1cc(Br)ccc1CC1CO1. The van der Waals surface area contributed by atoms with E-state index in [4.69, 9.17) is 4.74 Å². The monoisotopic (exact) mass is 226 g/mol. The van der Waals surface area contributed by atoms with Gasteiger partial charge in [-0.25, -0.2) is 0 Å². The molecule has 0 N–H and O–H groups in total. The maximum Gasteiger partial charge on any atom is 0.0850 e. The summed E-state index contributed by atoms with van der Waals surface area (Å²) in [6.45, 7) is 3.08. The van der Waals surface area contributed by atoms with Gasteiger partial charge in [-0.1, -0.05) is 22.0 Å². The van der Waals surface area contributed by atoms with Crippen LogP contribution in [0.5, 0.6) is 0 Å². The molecule has 1 aliphatic heterocycles. The Labute approximate surface area is 80.9 Å². The molecule has 0 spiro atoms. The fraction of sp³-hybridized carbons (Fsp3) is 0.400. The van der Waals surface area contributed by atoms with E-state index in [9.17, 15) is 0 Å². The molecule has 1 nitrogen and oxygen atoms in total. The van der Waals surface area contributed by atoms with Gasteiger partial charge in [0.2, 0.25) is 0 Å². The fourth-order valence-electron chi connectivity index (χ4n) is 1.32. The summed E-state index contributed by atoms with van der Waals surface area (Å²) in [5, 5.41) is 0. The van der Waals surface area contributed by atoms with Crippen molar-refractivity contribution < 1.29 is 4.74 Å². The Morgan fingerprint density at radius 3 is 2.92 bits per heavy atom. The first-order chi connectivity index (χ1) is 5.75. The van der Waals surface area contributed by atoms with Gasteiger partial charge in [-0.2, -0.15) is 0 Å². The molecule has 1 heterocycles. The van der Waals surface area contributed by atoms with Crippen LogP contribution in [0.2, 0.25) is 0 Å². The summed E-state index contributed by atoms with van der Waals surface area (Å²) in [6.07, 6.45) is 1.56. The number of hydrogen-bond acceptors (Lipinski definition) is 1. The molecule has 1 aromatic rings. The summed E-state index contributed by atoms with van der Waals surface area (Å²) in [5.41, 5.74) is 2.75. The number of rotatable bonds is 2. The maximum absolute atomic E-state index is 5.19. The van der Waals surface area contributed by atoms with E-state index >= 15 is 0 Å². The van der Waals surface area contributed by atoms with Crippen molar-refractivity contribution in [1.82, 2.24) is 0 Å². The van der Waals surface area contributed by atoms with Crippen LogP contribution in [0, 0.1) is 6.92 Å². The zero-order chi connectivity index (χ0) is 8.55. The van der Waals surface area contributed by atoms with Crippen molar-refractivity contribution in [3.05, 3.63) is 33.8 Å². The van der Waals surface area contributed by atoms with Crippen LogP contribution in [0.4, 0.5) is 0 Å². The summed E-state index contributed by atoms with van der Waals surface area (Å²) in [5.74, 6) is 0. The average molecular weight is 227 g/mol. The zero-order valence-electron chi connectivity index (χ0n) is 7.01. The van der Waals surface area contributed by atoms with Gasteiger partial charge in [-0.3, -0.25) is 0 Å². The van der Waals surface area contributed by atoms with Gasteiger partial charge in [-0.05, 0) is 30.2 Å². The Bertz CT molecular complexity index is 292. The molecule has 1 saturated heterocycles. The van der Waals surface area contributed by atoms with Gasteiger partial charge in [0, 0.05) is 10.9 Å². The Balaban J connectivity index is 2.18. The van der Waals surface area contributed by atoms with Crippen molar-refractivity contribution in [2.75, 3.05) is 6.61 Å². The molecule has 0 saturated carbocycles. The van der Waals surface area contributed by atoms with Crippen molar-refractivity contribution in [3.8, 4) is 0 Å². The summed E-state index contributed by atoms with van der Waals surface area (Å²) >= 11 is 3.45. The van der Waals surface area contributed by atoms with Crippen molar-refractivity contribution in [3.63, 3.8) is 0 Å². The standard InChI is InChI=1S/C10H11BrO/c1-7-4-9(11)3-2-8(7)5-10-6-12-10/h2-4,10H,5-6H2,1H3. The number of epoxide rings is 1. The van der Waals surface area contributed by atoms with Crippen LogP contribution in [-0.2, 0) is 11.2 Å². The van der Waals surface area contributed by atoms with Crippen molar-refractivity contribution in [2.24, 2.45) is 0 Å². The number of benzene rings is 1. The van der Waals surface area contributed by atoms with E-state index in [2.05, 4.69) is 41.1 Å². The lowest BCUT2D eigenvalue weighted by molar-refractivity contribution is 0.407. The molecule has 1 atom stereocenters. The van der Waals surface area contributed by atoms with Crippen LogP contribution in [0.1, 0.15) is 11.1 Å². The molecule has 64 valence electrons. The van der Waals surface area contributed by atoms with Crippen molar-refractivity contribution in [2.45, 2.75) is 19.4 Å². The first kappa shape index (κ1) is 8.27. The van der Waals surface area contributed by atoms with E-state index in [0.29, 0.717) is 6.10 Å². The third-order valence-electron chi connectivity index (χ3n) is 2.15. The van der Waals surface area contributed by atoms with E-state index in [1.165, 1.54) is 11.1 Å².